The molecule has 0 radical (unpaired) electrons. The predicted octanol–water partition coefficient (Wildman–Crippen LogP) is 3.07. The van der Waals surface area contributed by atoms with E-state index in [1.54, 1.807) is 6.07 Å². The number of hydrogen-bond acceptors (Lipinski definition) is 2. The molecule has 108 valence electrons. The molecule has 0 spiro atoms. The Hall–Kier alpha value is -1.94. The van der Waals surface area contributed by atoms with Gasteiger partial charge in [-0.2, -0.15) is 0 Å². The molecule has 1 heterocycles. The third kappa shape index (κ3) is 2.76. The van der Waals surface area contributed by atoms with Gasteiger partial charge in [-0.1, -0.05) is 42.5 Å². The second-order valence-corrected chi connectivity index (χ2v) is 5.69. The highest BCUT2D eigenvalue weighted by Gasteiger charge is 2.19. The Labute approximate surface area is 129 Å². The number of hydrogen-bond donors (Lipinski definition) is 1. The van der Waals surface area contributed by atoms with Gasteiger partial charge in [0.25, 0.3) is 0 Å². The van der Waals surface area contributed by atoms with Crippen LogP contribution in [0.25, 0.3) is 0 Å². The van der Waals surface area contributed by atoms with E-state index >= 15 is 0 Å². The summed E-state index contributed by atoms with van der Waals surface area (Å²) in [5, 5.41) is 0. The van der Waals surface area contributed by atoms with E-state index in [9.17, 15) is 4.39 Å². The molecule has 3 rings (SSSR count). The first-order chi connectivity index (χ1) is 10.2. The molecule has 0 atom stereocenters. The molecule has 2 aromatic carbocycles. The molecule has 2 nitrogen and oxygen atoms in total. The molecule has 0 amide bonds. The molecule has 0 saturated heterocycles. The highest BCUT2D eigenvalue weighted by atomic mass is 32.1. The highest BCUT2D eigenvalue weighted by molar-refractivity contribution is 7.80. The Balaban J connectivity index is 1.93. The quantitative estimate of drug-likeness (QED) is 0.864. The molecular formula is C17H17FN2S. The summed E-state index contributed by atoms with van der Waals surface area (Å²) >= 11 is 5.02. The number of fused-ring (bicyclic) bond motifs is 1. The molecule has 0 unspecified atom stereocenters. The van der Waals surface area contributed by atoms with Crippen LogP contribution >= 0.6 is 12.2 Å². The van der Waals surface area contributed by atoms with Crippen LogP contribution in [-0.4, -0.2) is 18.1 Å². The summed E-state index contributed by atoms with van der Waals surface area (Å²) in [5.74, 6) is -0.346. The fraction of sp³-hybridized carbons (Fsp3) is 0.235. The number of thiocarbonyl (C=S) groups is 1. The number of nitrogens with zero attached hydrogens (tertiary/aromatic N) is 1. The van der Waals surface area contributed by atoms with Gasteiger partial charge in [0.2, 0.25) is 0 Å². The summed E-state index contributed by atoms with van der Waals surface area (Å²) < 4.78 is 14.0. The van der Waals surface area contributed by atoms with Gasteiger partial charge in [-0.3, -0.25) is 0 Å². The number of anilines is 1. The fourth-order valence-electron chi connectivity index (χ4n) is 2.93. The third-order valence-corrected chi connectivity index (χ3v) is 4.20. The van der Waals surface area contributed by atoms with E-state index in [1.165, 1.54) is 17.2 Å². The average molecular weight is 300 g/mol. The maximum atomic E-state index is 14.0. The van der Waals surface area contributed by atoms with E-state index in [2.05, 4.69) is 29.2 Å². The van der Waals surface area contributed by atoms with Crippen LogP contribution in [0.2, 0.25) is 0 Å². The molecule has 0 aliphatic carbocycles. The normalized spacial score (nSPS) is 14.4. The van der Waals surface area contributed by atoms with Crippen molar-refractivity contribution in [2.45, 2.75) is 12.8 Å². The van der Waals surface area contributed by atoms with Gasteiger partial charge in [0.05, 0.1) is 5.56 Å². The standard InChI is InChI=1S/C17H17FN2S/c18-14-6-3-7-15(16(14)17(19)21)20-10-8-12-4-1-2-5-13(12)9-11-20/h1-7H,8-11H2,(H2,19,21). The SMILES string of the molecule is NC(=S)c1c(F)cccc1N1CCc2ccccc2CC1. The van der Waals surface area contributed by atoms with Crippen LogP contribution in [0.5, 0.6) is 0 Å². The zero-order valence-corrected chi connectivity index (χ0v) is 12.5. The smallest absolute Gasteiger partial charge is 0.135 e. The summed E-state index contributed by atoms with van der Waals surface area (Å²) in [6.07, 6.45) is 1.90. The van der Waals surface area contributed by atoms with Crippen molar-refractivity contribution in [1.82, 2.24) is 0 Å². The first-order valence-corrected chi connectivity index (χ1v) is 7.47. The van der Waals surface area contributed by atoms with E-state index in [4.69, 9.17) is 18.0 Å². The second kappa shape index (κ2) is 5.82. The zero-order chi connectivity index (χ0) is 14.8. The molecule has 4 heteroatoms. The molecule has 1 aliphatic heterocycles. The maximum Gasteiger partial charge on any atom is 0.135 e. The Morgan fingerprint density at radius 3 is 2.19 bits per heavy atom. The fourth-order valence-corrected chi connectivity index (χ4v) is 3.13. The van der Waals surface area contributed by atoms with Gasteiger partial charge in [0, 0.05) is 18.8 Å². The maximum absolute atomic E-state index is 14.0. The predicted molar refractivity (Wildman–Crippen MR) is 88.4 cm³/mol. The van der Waals surface area contributed by atoms with E-state index in [0.29, 0.717) is 5.56 Å². The molecule has 1 aliphatic rings. The topological polar surface area (TPSA) is 29.3 Å². The van der Waals surface area contributed by atoms with Gasteiger partial charge >= 0.3 is 0 Å². The van der Waals surface area contributed by atoms with Crippen LogP contribution in [0.15, 0.2) is 42.5 Å². The van der Waals surface area contributed by atoms with Gasteiger partial charge in [0.1, 0.15) is 10.8 Å². The molecule has 0 bridgehead atoms. The first-order valence-electron chi connectivity index (χ1n) is 7.07. The van der Waals surface area contributed by atoms with Gasteiger partial charge in [-0.25, -0.2) is 4.39 Å². The minimum Gasteiger partial charge on any atom is -0.389 e. The lowest BCUT2D eigenvalue weighted by Gasteiger charge is -2.25. The van der Waals surface area contributed by atoms with Crippen molar-refractivity contribution in [3.05, 3.63) is 65.0 Å². The molecular weight excluding hydrogens is 283 g/mol. The van der Waals surface area contributed by atoms with Crippen molar-refractivity contribution >= 4 is 22.9 Å². The van der Waals surface area contributed by atoms with Crippen molar-refractivity contribution in [3.63, 3.8) is 0 Å². The lowest BCUT2D eigenvalue weighted by molar-refractivity contribution is 0.624. The van der Waals surface area contributed by atoms with Crippen molar-refractivity contribution in [2.75, 3.05) is 18.0 Å². The van der Waals surface area contributed by atoms with Gasteiger partial charge in [-0.15, -0.1) is 0 Å². The van der Waals surface area contributed by atoms with Crippen LogP contribution in [0.4, 0.5) is 10.1 Å². The van der Waals surface area contributed by atoms with E-state index in [0.717, 1.165) is 31.6 Å². The third-order valence-electron chi connectivity index (χ3n) is 4.00. The van der Waals surface area contributed by atoms with Gasteiger partial charge in [-0.05, 0) is 36.1 Å². The van der Waals surface area contributed by atoms with E-state index in [1.807, 2.05) is 6.07 Å². The Morgan fingerprint density at radius 2 is 1.62 bits per heavy atom. The van der Waals surface area contributed by atoms with E-state index < -0.39 is 0 Å². The first kappa shape index (κ1) is 14.0. The lowest BCUT2D eigenvalue weighted by atomic mass is 10.0. The Kier molecular flexibility index (Phi) is 3.88. The van der Waals surface area contributed by atoms with Crippen molar-refractivity contribution in [1.29, 1.82) is 0 Å². The summed E-state index contributed by atoms with van der Waals surface area (Å²) in [6, 6.07) is 13.5. The van der Waals surface area contributed by atoms with Crippen molar-refractivity contribution in [3.8, 4) is 0 Å². The summed E-state index contributed by atoms with van der Waals surface area (Å²) in [7, 11) is 0. The Morgan fingerprint density at radius 1 is 1.00 bits per heavy atom. The van der Waals surface area contributed by atoms with Gasteiger partial charge in [0.15, 0.2) is 0 Å². The number of halogens is 1. The minimum absolute atomic E-state index is 0.116. The largest absolute Gasteiger partial charge is 0.389 e. The summed E-state index contributed by atoms with van der Waals surface area (Å²) in [5.41, 5.74) is 9.61. The monoisotopic (exact) mass is 300 g/mol. The highest BCUT2D eigenvalue weighted by Crippen LogP contribution is 2.26. The minimum atomic E-state index is -0.346. The number of nitrogens with two attached hydrogens (primary N) is 1. The Bertz CT molecular complexity index is 657. The van der Waals surface area contributed by atoms with Crippen molar-refractivity contribution < 1.29 is 4.39 Å². The average Bonchev–Trinajstić information content (AvgIpc) is 2.69. The van der Waals surface area contributed by atoms with Crippen LogP contribution in [-0.2, 0) is 12.8 Å². The van der Waals surface area contributed by atoms with Crippen molar-refractivity contribution in [2.24, 2.45) is 5.73 Å². The lowest BCUT2D eigenvalue weighted by Crippen LogP contribution is -2.29. The number of rotatable bonds is 2. The zero-order valence-electron chi connectivity index (χ0n) is 11.7. The molecule has 2 N–H and O–H groups in total. The summed E-state index contributed by atoms with van der Waals surface area (Å²) in [6.45, 7) is 1.69. The molecule has 0 saturated carbocycles. The van der Waals surface area contributed by atoms with Crippen LogP contribution in [0.3, 0.4) is 0 Å². The summed E-state index contributed by atoms with van der Waals surface area (Å²) in [4.78, 5) is 2.29. The number of benzene rings is 2. The second-order valence-electron chi connectivity index (χ2n) is 5.25. The van der Waals surface area contributed by atoms with Crippen LogP contribution < -0.4 is 10.6 Å². The van der Waals surface area contributed by atoms with Crippen LogP contribution in [0.1, 0.15) is 16.7 Å². The van der Waals surface area contributed by atoms with E-state index in [-0.39, 0.29) is 10.8 Å². The molecule has 21 heavy (non-hydrogen) atoms. The molecule has 2 aromatic rings. The van der Waals surface area contributed by atoms with Gasteiger partial charge < -0.3 is 10.6 Å². The van der Waals surface area contributed by atoms with Crippen LogP contribution in [0, 0.1) is 5.82 Å². The molecule has 0 aromatic heterocycles. The molecule has 0 fully saturated rings.